The van der Waals surface area contributed by atoms with E-state index >= 15 is 13.7 Å². The van der Waals surface area contributed by atoms with Crippen LogP contribution in [0.15, 0.2) is 192 Å². The van der Waals surface area contributed by atoms with Crippen molar-refractivity contribution >= 4 is 110 Å². The van der Waals surface area contributed by atoms with Crippen LogP contribution >= 0.6 is 46.2 Å². The minimum absolute atomic E-state index is 0. The van der Waals surface area contributed by atoms with Gasteiger partial charge in [0.2, 0.25) is 0 Å². The number of benzene rings is 6. The molecule has 7 rings (SSSR count). The molecule has 51 heavy (non-hydrogen) atoms. The van der Waals surface area contributed by atoms with Gasteiger partial charge in [0.1, 0.15) is 5.14 Å². The predicted molar refractivity (Wildman–Crippen MR) is 225 cm³/mol. The van der Waals surface area contributed by atoms with Crippen molar-refractivity contribution in [3.63, 3.8) is 0 Å². The quantitative estimate of drug-likeness (QED) is 0.112. The fraction of sp³-hybridized carbons (Fsp3) is 0.0250. The van der Waals surface area contributed by atoms with Gasteiger partial charge in [-0.15, -0.1) is 24.8 Å². The molecule has 6 aromatic rings. The van der Waals surface area contributed by atoms with Crippen molar-refractivity contribution in [3.8, 4) is 0 Å². The molecule has 0 saturated carbocycles. The van der Waals surface area contributed by atoms with Crippen LogP contribution in [0.5, 0.6) is 0 Å². The normalized spacial score (nSPS) is 13.2. The Hall–Kier alpha value is -1.80. The Bertz CT molecular complexity index is 1840. The molecule has 6 aromatic carbocycles. The number of hydrogen-bond donors (Lipinski definition) is 0. The molecule has 1 aliphatic heterocycles. The molecule has 1 atom stereocenters. The average molecular weight is 970 g/mol. The third-order valence-electron chi connectivity index (χ3n) is 8.31. The third kappa shape index (κ3) is 8.95. The van der Waals surface area contributed by atoms with Crippen molar-refractivity contribution in [2.45, 2.75) is 5.14 Å². The number of rotatable bonds is 9. The van der Waals surface area contributed by atoms with Crippen molar-refractivity contribution in [2.75, 3.05) is 0 Å². The van der Waals surface area contributed by atoms with E-state index < -0.39 is 26.6 Å². The zero-order valence-corrected chi connectivity index (χ0v) is 38.1. The molecule has 0 fully saturated rings. The van der Waals surface area contributed by atoms with Gasteiger partial charge in [-0.25, -0.2) is 0 Å². The van der Waals surface area contributed by atoms with Gasteiger partial charge in [0.05, 0.1) is 0 Å². The SMILES string of the molecule is Cl.Cl.O=P(c1ccccc1)(c1ccccc1)C(P(=O)(c1ccccc1)c1ccccc1)P(=O)(c1ccccc1)c1ccccc1.[Zr][C]1=[As]C=C[AsH]1. The molecule has 0 aliphatic carbocycles. The summed E-state index contributed by atoms with van der Waals surface area (Å²) in [6.07, 6.45) is 0. The predicted octanol–water partition coefficient (Wildman–Crippen LogP) is 7.40. The molecule has 1 heterocycles. The van der Waals surface area contributed by atoms with Crippen LogP contribution in [0.3, 0.4) is 0 Å². The summed E-state index contributed by atoms with van der Waals surface area (Å²) in [5, 5.41) is 1.80. The van der Waals surface area contributed by atoms with Crippen LogP contribution in [0.2, 0.25) is 0 Å². The van der Waals surface area contributed by atoms with E-state index in [1.165, 1.54) is 0 Å². The van der Waals surface area contributed by atoms with E-state index in [4.69, 9.17) is 0 Å². The molecule has 0 aromatic heterocycles. The standard InChI is InChI=1S/C37H31O3P3.C3H3As2.2ClH.Zr/c38-41(31-19-7-1-8-20-31,32-21-9-2-10-22-32)37(42(39,33-23-11-3-12-24-33)34-25-13-4-14-26-34)43(40,35-27-15-5-16-28-35)36-29-17-6-18-30-36;1-2-5-3-4-1;;;/h1-30,37H;1-2,4H;2*1H;. The summed E-state index contributed by atoms with van der Waals surface area (Å²) >= 11 is 2.73. The Kier molecular flexibility index (Phi) is 16.0. The first-order valence-corrected chi connectivity index (χ1v) is 26.6. The number of hydrogen-bond acceptors (Lipinski definition) is 3. The topological polar surface area (TPSA) is 51.2 Å². The number of halogens is 2. The van der Waals surface area contributed by atoms with Crippen LogP contribution in [0.1, 0.15) is 0 Å². The summed E-state index contributed by atoms with van der Waals surface area (Å²) in [4.78, 5) is 4.80. The van der Waals surface area contributed by atoms with Gasteiger partial charge in [-0.05, 0) is 0 Å². The Morgan fingerprint density at radius 2 is 0.627 bits per heavy atom. The summed E-state index contributed by atoms with van der Waals surface area (Å²) in [6.45, 7) is 0. The van der Waals surface area contributed by atoms with E-state index in [1.807, 2.05) is 183 Å². The van der Waals surface area contributed by atoms with Gasteiger partial charge in [-0.3, -0.25) is 0 Å². The van der Waals surface area contributed by atoms with Crippen molar-refractivity contribution in [1.82, 2.24) is 0 Å². The van der Waals surface area contributed by atoms with Gasteiger partial charge >= 0.3 is 66.3 Å². The van der Waals surface area contributed by atoms with E-state index in [9.17, 15) is 0 Å². The van der Waals surface area contributed by atoms with E-state index in [-0.39, 0.29) is 24.8 Å². The van der Waals surface area contributed by atoms with Crippen LogP contribution in [0.25, 0.3) is 0 Å². The van der Waals surface area contributed by atoms with Gasteiger partial charge in [0.25, 0.3) is 0 Å². The van der Waals surface area contributed by atoms with Crippen LogP contribution in [-0.2, 0) is 38.4 Å². The molecule has 11 heteroatoms. The molecule has 1 unspecified atom stereocenters. The maximum atomic E-state index is 16.6. The monoisotopic (exact) mass is 967 g/mol. The van der Waals surface area contributed by atoms with Crippen LogP contribution in [0, 0.1) is 0 Å². The summed E-state index contributed by atoms with van der Waals surface area (Å²) in [6, 6.07) is 55.2. The Morgan fingerprint density at radius 1 is 0.412 bits per heavy atom. The molecule has 257 valence electrons. The van der Waals surface area contributed by atoms with Crippen LogP contribution in [-0.4, -0.2) is 37.0 Å². The molecule has 0 N–H and O–H groups in total. The summed E-state index contributed by atoms with van der Waals surface area (Å²) in [7, 11) is -11.9. The second-order valence-electron chi connectivity index (χ2n) is 11.3. The van der Waals surface area contributed by atoms with Crippen molar-refractivity contribution < 1.29 is 38.4 Å². The first-order valence-electron chi connectivity index (χ1n) is 15.7. The van der Waals surface area contributed by atoms with E-state index in [2.05, 4.69) is 9.73 Å². The fourth-order valence-electron chi connectivity index (χ4n) is 6.10. The summed E-state index contributed by atoms with van der Waals surface area (Å²) in [5.41, 5.74) is 0. The summed E-state index contributed by atoms with van der Waals surface area (Å²) < 4.78 is 51.6. The van der Waals surface area contributed by atoms with Crippen molar-refractivity contribution in [1.29, 1.82) is 0 Å². The average Bonchev–Trinajstić information content (AvgIpc) is 3.67. The molecule has 3 nitrogen and oxygen atoms in total. The Balaban J connectivity index is 0.000000662. The van der Waals surface area contributed by atoms with Gasteiger partial charge < -0.3 is 13.7 Å². The fourth-order valence-corrected chi connectivity index (χ4v) is 29.8. The molecular weight excluding hydrogens is 933 g/mol. The first-order chi connectivity index (χ1) is 23.9. The molecule has 0 saturated heterocycles. The molecule has 0 amide bonds. The van der Waals surface area contributed by atoms with Gasteiger partial charge in [-0.1, -0.05) is 182 Å². The van der Waals surface area contributed by atoms with E-state index in [0.717, 1.165) is 0 Å². The Labute approximate surface area is 341 Å². The van der Waals surface area contributed by atoms with Crippen molar-refractivity contribution in [3.05, 3.63) is 192 Å². The first kappa shape index (κ1) is 41.9. The van der Waals surface area contributed by atoms with E-state index in [0.29, 0.717) is 62.9 Å². The minimum atomic E-state index is -3.97. The van der Waals surface area contributed by atoms with Gasteiger partial charge in [-0.2, -0.15) is 0 Å². The molecular formula is C40H36As2Cl2O3P3Zr. The molecule has 1 aliphatic rings. The zero-order chi connectivity index (χ0) is 34.2. The molecule has 0 bridgehead atoms. The zero-order valence-electron chi connectivity index (χ0n) is 27.4. The second kappa shape index (κ2) is 19.5. The van der Waals surface area contributed by atoms with Crippen molar-refractivity contribution in [2.24, 2.45) is 0 Å². The summed E-state index contributed by atoms with van der Waals surface area (Å²) in [5.74, 6) is 0. The second-order valence-corrected chi connectivity index (χ2v) is 33.5. The third-order valence-corrected chi connectivity index (χ3v) is 32.5. The maximum absolute atomic E-state index is 16.6. The van der Waals surface area contributed by atoms with E-state index in [1.54, 1.807) is 24.7 Å². The van der Waals surface area contributed by atoms with Crippen LogP contribution < -0.4 is 31.8 Å². The molecule has 0 radical (unpaired) electrons. The Morgan fingerprint density at radius 3 is 0.765 bits per heavy atom. The van der Waals surface area contributed by atoms with Gasteiger partial charge in [0, 0.05) is 31.8 Å². The van der Waals surface area contributed by atoms with Crippen LogP contribution in [0.4, 0.5) is 0 Å². The van der Waals surface area contributed by atoms with Gasteiger partial charge in [0.15, 0.2) is 21.4 Å². The molecule has 0 spiro atoms.